The molecular weight excluding hydrogens is 326 g/mol. The van der Waals surface area contributed by atoms with Gasteiger partial charge in [-0.25, -0.2) is 4.79 Å². The molecule has 1 saturated carbocycles. The zero-order valence-electron chi connectivity index (χ0n) is 17.0. The predicted octanol–water partition coefficient (Wildman–Crippen LogP) is 4.00. The van der Waals surface area contributed by atoms with Crippen LogP contribution in [0.4, 0.5) is 0 Å². The number of methoxy groups -OCH3 is 1. The van der Waals surface area contributed by atoms with E-state index in [2.05, 4.69) is 34.3 Å². The summed E-state index contributed by atoms with van der Waals surface area (Å²) in [7, 11) is 1.44. The normalized spacial score (nSPS) is 41.9. The Labute approximate surface area is 158 Å². The largest absolute Gasteiger partial charge is 0.466 e. The highest BCUT2D eigenvalue weighted by Crippen LogP contribution is 2.65. The number of hydrogen-bond donors (Lipinski definition) is 1. The van der Waals surface area contributed by atoms with Crippen LogP contribution < -0.4 is 5.73 Å². The van der Waals surface area contributed by atoms with Crippen LogP contribution >= 0.6 is 0 Å². The van der Waals surface area contributed by atoms with E-state index in [1.807, 2.05) is 12.2 Å². The van der Waals surface area contributed by atoms with E-state index in [4.69, 9.17) is 15.2 Å². The van der Waals surface area contributed by atoms with Gasteiger partial charge in [0.05, 0.1) is 12.7 Å². The van der Waals surface area contributed by atoms with Crippen LogP contribution in [0.3, 0.4) is 0 Å². The van der Waals surface area contributed by atoms with Crippen molar-refractivity contribution >= 4 is 5.97 Å². The van der Waals surface area contributed by atoms with Crippen LogP contribution in [0.15, 0.2) is 24.3 Å². The molecule has 0 aromatic rings. The van der Waals surface area contributed by atoms with Gasteiger partial charge in [-0.1, -0.05) is 52.7 Å². The van der Waals surface area contributed by atoms with Gasteiger partial charge in [-0.15, -0.1) is 0 Å². The lowest BCUT2D eigenvalue weighted by atomic mass is 9.62. The molecule has 2 aliphatic carbocycles. The van der Waals surface area contributed by atoms with Gasteiger partial charge in [0.15, 0.2) is 0 Å². The Morgan fingerprint density at radius 2 is 2.15 bits per heavy atom. The molecule has 4 nitrogen and oxygen atoms in total. The van der Waals surface area contributed by atoms with Crippen LogP contribution in [0.25, 0.3) is 0 Å². The Balaban J connectivity index is 1.93. The topological polar surface area (TPSA) is 61.5 Å². The molecular formula is C22H35NO3. The van der Waals surface area contributed by atoms with Gasteiger partial charge in [0.1, 0.15) is 5.60 Å². The Bertz CT molecular complexity index is 627. The Kier molecular flexibility index (Phi) is 4.90. The molecule has 6 atom stereocenters. The second-order valence-corrected chi connectivity index (χ2v) is 9.49. The molecule has 4 aliphatic rings. The third kappa shape index (κ3) is 2.86. The van der Waals surface area contributed by atoms with E-state index in [0.29, 0.717) is 23.8 Å². The van der Waals surface area contributed by atoms with Gasteiger partial charge < -0.3 is 15.2 Å². The van der Waals surface area contributed by atoms with E-state index in [1.165, 1.54) is 26.4 Å². The lowest BCUT2D eigenvalue weighted by Gasteiger charge is -2.57. The van der Waals surface area contributed by atoms with E-state index >= 15 is 0 Å². The average molecular weight is 362 g/mol. The number of rotatable bonds is 7. The molecule has 2 N–H and O–H groups in total. The van der Waals surface area contributed by atoms with Crippen molar-refractivity contribution in [3.8, 4) is 0 Å². The van der Waals surface area contributed by atoms with Crippen molar-refractivity contribution in [1.82, 2.24) is 0 Å². The van der Waals surface area contributed by atoms with Crippen LogP contribution in [0, 0.1) is 23.7 Å². The summed E-state index contributed by atoms with van der Waals surface area (Å²) in [6.07, 6.45) is 8.95. The molecule has 0 aromatic heterocycles. The van der Waals surface area contributed by atoms with Crippen molar-refractivity contribution in [3.05, 3.63) is 24.3 Å². The van der Waals surface area contributed by atoms with Gasteiger partial charge in [0.25, 0.3) is 0 Å². The van der Waals surface area contributed by atoms with Gasteiger partial charge in [-0.3, -0.25) is 0 Å². The standard InChI is InChI=1S/C22H35NO3/c1-7-21-11-16(19(24)25-6)18-20(5,26-21)17(12-22(18,23)13-21)15(4)10-8-9-14(2)3/h7,11,14-15,17-18H,1,8-10,12-13,23H2,2-6H3/t15?,17?,18?,20?,21-,22?/m1/s1. The van der Waals surface area contributed by atoms with E-state index < -0.39 is 16.7 Å². The first-order valence-corrected chi connectivity index (χ1v) is 10.0. The fourth-order valence-corrected chi connectivity index (χ4v) is 6.11. The van der Waals surface area contributed by atoms with Crippen LogP contribution in [0.5, 0.6) is 0 Å². The van der Waals surface area contributed by atoms with Crippen molar-refractivity contribution in [2.24, 2.45) is 29.4 Å². The van der Waals surface area contributed by atoms with Crippen LogP contribution in [-0.4, -0.2) is 29.8 Å². The SMILES string of the molecule is C=C[C@]12C=C(C(=O)OC)C3C(N)(CC(C(C)CCCC(C)C)C3(C)O1)C2. The zero-order valence-corrected chi connectivity index (χ0v) is 17.0. The number of nitrogens with two attached hydrogens (primary N) is 1. The van der Waals surface area contributed by atoms with Crippen LogP contribution in [0.1, 0.15) is 59.8 Å². The quantitative estimate of drug-likeness (QED) is 0.550. The Morgan fingerprint density at radius 3 is 2.73 bits per heavy atom. The first kappa shape index (κ1) is 19.6. The van der Waals surface area contributed by atoms with Gasteiger partial charge in [-0.2, -0.15) is 0 Å². The molecule has 0 aromatic carbocycles. The molecule has 2 heterocycles. The summed E-state index contributed by atoms with van der Waals surface area (Å²) in [6, 6.07) is 0. The molecule has 0 radical (unpaired) electrons. The third-order valence-corrected chi connectivity index (χ3v) is 7.10. The molecule has 0 spiro atoms. The highest BCUT2D eigenvalue weighted by atomic mass is 16.5. The minimum absolute atomic E-state index is 0.109. The summed E-state index contributed by atoms with van der Waals surface area (Å²) in [4.78, 5) is 12.5. The maximum absolute atomic E-state index is 12.5. The lowest BCUT2D eigenvalue weighted by Crippen LogP contribution is -2.66. The van der Waals surface area contributed by atoms with E-state index in [-0.39, 0.29) is 11.9 Å². The molecule has 5 unspecified atom stereocenters. The minimum atomic E-state index is -0.659. The summed E-state index contributed by atoms with van der Waals surface area (Å²) in [6.45, 7) is 13.0. The number of carbonyl (C=O) groups is 1. The Morgan fingerprint density at radius 1 is 1.46 bits per heavy atom. The monoisotopic (exact) mass is 361 g/mol. The van der Waals surface area contributed by atoms with Gasteiger partial charge >= 0.3 is 5.97 Å². The van der Waals surface area contributed by atoms with Crippen molar-refractivity contribution in [1.29, 1.82) is 0 Å². The summed E-state index contributed by atoms with van der Waals surface area (Å²) >= 11 is 0. The maximum Gasteiger partial charge on any atom is 0.333 e. The van der Waals surface area contributed by atoms with E-state index in [0.717, 1.165) is 12.3 Å². The van der Waals surface area contributed by atoms with Crippen molar-refractivity contribution in [2.75, 3.05) is 7.11 Å². The minimum Gasteiger partial charge on any atom is -0.466 e. The Hall–Kier alpha value is -1.13. The van der Waals surface area contributed by atoms with Crippen molar-refractivity contribution in [2.45, 2.75) is 76.5 Å². The highest BCUT2D eigenvalue weighted by molar-refractivity contribution is 5.91. The summed E-state index contributed by atoms with van der Waals surface area (Å²) < 4.78 is 11.8. The summed E-state index contributed by atoms with van der Waals surface area (Å²) in [5, 5.41) is 0. The molecule has 2 fully saturated rings. The number of hydrogen-bond acceptors (Lipinski definition) is 4. The molecule has 4 heteroatoms. The fraction of sp³-hybridized carbons (Fsp3) is 0.773. The maximum atomic E-state index is 12.5. The molecule has 4 bridgehead atoms. The number of carbonyl (C=O) groups excluding carboxylic acids is 1. The van der Waals surface area contributed by atoms with Gasteiger partial charge in [0.2, 0.25) is 0 Å². The molecule has 4 rings (SSSR count). The zero-order chi connectivity index (χ0) is 19.3. The van der Waals surface area contributed by atoms with Gasteiger partial charge in [0, 0.05) is 23.5 Å². The van der Waals surface area contributed by atoms with E-state index in [1.54, 1.807) is 0 Å². The van der Waals surface area contributed by atoms with Crippen molar-refractivity contribution < 1.29 is 14.3 Å². The second kappa shape index (κ2) is 6.49. The van der Waals surface area contributed by atoms with Crippen molar-refractivity contribution in [3.63, 3.8) is 0 Å². The molecule has 26 heavy (non-hydrogen) atoms. The first-order valence-electron chi connectivity index (χ1n) is 10.0. The first-order chi connectivity index (χ1) is 12.1. The van der Waals surface area contributed by atoms with Crippen LogP contribution in [-0.2, 0) is 14.3 Å². The lowest BCUT2D eigenvalue weighted by molar-refractivity contribution is -0.194. The summed E-state index contributed by atoms with van der Waals surface area (Å²) in [5.74, 6) is 1.18. The molecule has 1 saturated heterocycles. The average Bonchev–Trinajstić information content (AvgIpc) is 2.75. The number of ether oxygens (including phenoxy) is 2. The molecule has 0 amide bonds. The molecule has 146 valence electrons. The van der Waals surface area contributed by atoms with E-state index in [9.17, 15) is 4.79 Å². The van der Waals surface area contributed by atoms with Crippen LogP contribution in [0.2, 0.25) is 0 Å². The third-order valence-electron chi connectivity index (χ3n) is 7.10. The van der Waals surface area contributed by atoms with Gasteiger partial charge in [-0.05, 0) is 37.2 Å². The second-order valence-electron chi connectivity index (χ2n) is 9.49. The predicted molar refractivity (Wildman–Crippen MR) is 104 cm³/mol. The number of esters is 1. The fourth-order valence-electron chi connectivity index (χ4n) is 6.11. The highest BCUT2D eigenvalue weighted by Gasteiger charge is 2.71. The smallest absolute Gasteiger partial charge is 0.333 e. The molecule has 2 aliphatic heterocycles. The summed E-state index contributed by atoms with van der Waals surface area (Å²) in [5.41, 5.74) is 6.09.